The molecular formula is C15H16N2OS2. The Morgan fingerprint density at radius 2 is 2.15 bits per heavy atom. The molecule has 1 aliphatic rings. The van der Waals surface area contributed by atoms with Crippen molar-refractivity contribution in [3.8, 4) is 11.3 Å². The summed E-state index contributed by atoms with van der Waals surface area (Å²) in [5.41, 5.74) is 2.08. The summed E-state index contributed by atoms with van der Waals surface area (Å²) >= 11 is 5.89. The predicted molar refractivity (Wildman–Crippen MR) is 86.6 cm³/mol. The number of hydrogen-bond donors (Lipinski definition) is 1. The molecular weight excluding hydrogens is 288 g/mol. The van der Waals surface area contributed by atoms with E-state index >= 15 is 0 Å². The largest absolute Gasteiger partial charge is 0.288 e. The molecule has 0 bridgehead atoms. The van der Waals surface area contributed by atoms with Crippen LogP contribution in [0.3, 0.4) is 0 Å². The quantitative estimate of drug-likeness (QED) is 0.882. The number of thiazole rings is 1. The first-order chi connectivity index (χ1) is 9.69. The van der Waals surface area contributed by atoms with Gasteiger partial charge in [0.2, 0.25) is 5.91 Å². The van der Waals surface area contributed by atoms with Crippen molar-refractivity contribution in [3.63, 3.8) is 0 Å². The smallest absolute Gasteiger partial charge is 0.229 e. The molecule has 0 spiro atoms. The SMILES string of the molecule is Cc1sc(N2CC(CS)CC2=O)nc1-c1ccccc1. The summed E-state index contributed by atoms with van der Waals surface area (Å²) in [6.45, 7) is 2.80. The molecule has 1 aliphatic heterocycles. The molecule has 1 aromatic carbocycles. The average Bonchev–Trinajstić information content (AvgIpc) is 3.02. The van der Waals surface area contributed by atoms with Crippen LogP contribution in [0.2, 0.25) is 0 Å². The second kappa shape index (κ2) is 5.58. The molecule has 104 valence electrons. The lowest BCUT2D eigenvalue weighted by atomic mass is 10.1. The van der Waals surface area contributed by atoms with Crippen molar-refractivity contribution in [1.29, 1.82) is 0 Å². The van der Waals surface area contributed by atoms with Gasteiger partial charge in [-0.15, -0.1) is 11.3 Å². The maximum absolute atomic E-state index is 12.1. The number of amides is 1. The van der Waals surface area contributed by atoms with Gasteiger partial charge in [0, 0.05) is 23.4 Å². The van der Waals surface area contributed by atoms with Crippen molar-refractivity contribution in [2.75, 3.05) is 17.2 Å². The van der Waals surface area contributed by atoms with Crippen LogP contribution in [0.15, 0.2) is 30.3 Å². The molecule has 1 aromatic heterocycles. The summed E-state index contributed by atoms with van der Waals surface area (Å²) < 4.78 is 0. The number of nitrogens with zero attached hydrogens (tertiary/aromatic N) is 2. The number of carbonyl (C=O) groups excluding carboxylic acids is 1. The molecule has 2 aromatic rings. The highest BCUT2D eigenvalue weighted by atomic mass is 32.1. The van der Waals surface area contributed by atoms with Gasteiger partial charge in [-0.1, -0.05) is 30.3 Å². The molecule has 0 N–H and O–H groups in total. The summed E-state index contributed by atoms with van der Waals surface area (Å²) in [5.74, 6) is 1.26. The van der Waals surface area contributed by atoms with E-state index in [-0.39, 0.29) is 5.91 Å². The lowest BCUT2D eigenvalue weighted by molar-refractivity contribution is -0.117. The van der Waals surface area contributed by atoms with Crippen molar-refractivity contribution in [2.45, 2.75) is 13.3 Å². The third kappa shape index (κ3) is 2.47. The van der Waals surface area contributed by atoms with E-state index in [0.717, 1.165) is 33.6 Å². The van der Waals surface area contributed by atoms with Crippen molar-refractivity contribution >= 4 is 35.0 Å². The van der Waals surface area contributed by atoms with Crippen molar-refractivity contribution in [2.24, 2.45) is 5.92 Å². The molecule has 1 fully saturated rings. The van der Waals surface area contributed by atoms with Crippen molar-refractivity contribution in [3.05, 3.63) is 35.2 Å². The van der Waals surface area contributed by atoms with Gasteiger partial charge in [0.1, 0.15) is 0 Å². The van der Waals surface area contributed by atoms with Crippen LogP contribution in [0.5, 0.6) is 0 Å². The highest BCUT2D eigenvalue weighted by Crippen LogP contribution is 2.35. The van der Waals surface area contributed by atoms with E-state index in [9.17, 15) is 4.79 Å². The molecule has 1 amide bonds. The first-order valence-corrected chi connectivity index (χ1v) is 8.08. The molecule has 3 rings (SSSR count). The predicted octanol–water partition coefficient (Wildman–Crippen LogP) is 3.40. The molecule has 0 saturated carbocycles. The Morgan fingerprint density at radius 3 is 2.80 bits per heavy atom. The van der Waals surface area contributed by atoms with Crippen LogP contribution >= 0.6 is 24.0 Å². The van der Waals surface area contributed by atoms with E-state index in [1.54, 1.807) is 11.3 Å². The molecule has 1 atom stereocenters. The molecule has 0 aliphatic carbocycles. The summed E-state index contributed by atoms with van der Waals surface area (Å²) in [7, 11) is 0. The Bertz CT molecular complexity index is 624. The van der Waals surface area contributed by atoms with Gasteiger partial charge in [0.15, 0.2) is 5.13 Å². The van der Waals surface area contributed by atoms with Gasteiger partial charge in [-0.2, -0.15) is 12.6 Å². The minimum Gasteiger partial charge on any atom is -0.288 e. The normalized spacial score (nSPS) is 18.8. The monoisotopic (exact) mass is 304 g/mol. The highest BCUT2D eigenvalue weighted by Gasteiger charge is 2.31. The number of hydrogen-bond acceptors (Lipinski definition) is 4. The molecule has 2 heterocycles. The molecule has 0 radical (unpaired) electrons. The summed E-state index contributed by atoms with van der Waals surface area (Å²) in [5, 5.41) is 0.815. The van der Waals surface area contributed by atoms with Crippen LogP contribution < -0.4 is 4.90 Å². The topological polar surface area (TPSA) is 33.2 Å². The lowest BCUT2D eigenvalue weighted by Crippen LogP contribution is -2.24. The fourth-order valence-electron chi connectivity index (χ4n) is 2.45. The lowest BCUT2D eigenvalue weighted by Gasteiger charge is -2.11. The van der Waals surface area contributed by atoms with Gasteiger partial charge in [-0.25, -0.2) is 4.98 Å². The van der Waals surface area contributed by atoms with Crippen LogP contribution in [-0.4, -0.2) is 23.2 Å². The first kappa shape index (κ1) is 13.6. The van der Waals surface area contributed by atoms with Gasteiger partial charge >= 0.3 is 0 Å². The zero-order valence-electron chi connectivity index (χ0n) is 11.2. The Kier molecular flexibility index (Phi) is 3.81. The van der Waals surface area contributed by atoms with Crippen LogP contribution in [0.25, 0.3) is 11.3 Å². The Morgan fingerprint density at radius 1 is 1.40 bits per heavy atom. The third-order valence-electron chi connectivity index (χ3n) is 3.53. The maximum Gasteiger partial charge on any atom is 0.229 e. The van der Waals surface area contributed by atoms with E-state index in [2.05, 4.69) is 24.5 Å². The fraction of sp³-hybridized carbons (Fsp3) is 0.333. The number of aromatic nitrogens is 1. The Hall–Kier alpha value is -1.33. The standard InChI is InChI=1S/C15H16N2OS2/c1-10-14(12-5-3-2-4-6-12)16-15(20-10)17-8-11(9-19)7-13(17)18/h2-6,11,19H,7-9H2,1H3. The number of thiol groups is 1. The van der Waals surface area contributed by atoms with Gasteiger partial charge in [0.05, 0.1) is 5.69 Å². The summed E-state index contributed by atoms with van der Waals surface area (Å²) in [6, 6.07) is 10.1. The van der Waals surface area contributed by atoms with E-state index in [1.807, 2.05) is 35.2 Å². The second-order valence-corrected chi connectivity index (χ2v) is 6.57. The molecule has 1 unspecified atom stereocenters. The molecule has 1 saturated heterocycles. The molecule has 5 heteroatoms. The Balaban J connectivity index is 1.92. The number of anilines is 1. The van der Waals surface area contributed by atoms with Gasteiger partial charge in [0.25, 0.3) is 0 Å². The minimum absolute atomic E-state index is 0.164. The fourth-order valence-corrected chi connectivity index (χ4v) is 3.65. The van der Waals surface area contributed by atoms with Crippen LogP contribution in [0.4, 0.5) is 5.13 Å². The number of carbonyl (C=O) groups is 1. The third-order valence-corrected chi connectivity index (χ3v) is 5.04. The van der Waals surface area contributed by atoms with Crippen molar-refractivity contribution in [1.82, 2.24) is 4.98 Å². The van der Waals surface area contributed by atoms with Gasteiger partial charge in [-0.05, 0) is 18.6 Å². The summed E-state index contributed by atoms with van der Waals surface area (Å²) in [4.78, 5) is 19.7. The van der Waals surface area contributed by atoms with E-state index in [1.165, 1.54) is 0 Å². The maximum atomic E-state index is 12.1. The average molecular weight is 304 g/mol. The van der Waals surface area contributed by atoms with Crippen molar-refractivity contribution < 1.29 is 4.79 Å². The first-order valence-electron chi connectivity index (χ1n) is 6.63. The van der Waals surface area contributed by atoms with Crippen LogP contribution in [-0.2, 0) is 4.79 Å². The summed E-state index contributed by atoms with van der Waals surface area (Å²) in [6.07, 6.45) is 0.586. The Labute approximate surface area is 128 Å². The number of rotatable bonds is 3. The van der Waals surface area contributed by atoms with E-state index < -0.39 is 0 Å². The minimum atomic E-state index is 0.164. The van der Waals surface area contributed by atoms with E-state index in [4.69, 9.17) is 0 Å². The van der Waals surface area contributed by atoms with Crippen LogP contribution in [0, 0.1) is 12.8 Å². The number of benzene rings is 1. The second-order valence-electron chi connectivity index (χ2n) is 5.02. The molecule has 20 heavy (non-hydrogen) atoms. The van der Waals surface area contributed by atoms with Crippen LogP contribution in [0.1, 0.15) is 11.3 Å². The zero-order valence-corrected chi connectivity index (χ0v) is 13.0. The van der Waals surface area contributed by atoms with E-state index in [0.29, 0.717) is 12.3 Å². The van der Waals surface area contributed by atoms with Gasteiger partial charge in [-0.3, -0.25) is 9.69 Å². The highest BCUT2D eigenvalue weighted by molar-refractivity contribution is 7.80. The molecule has 3 nitrogen and oxygen atoms in total. The van der Waals surface area contributed by atoms with Gasteiger partial charge < -0.3 is 0 Å². The zero-order chi connectivity index (χ0) is 14.1. The number of aryl methyl sites for hydroxylation is 1.